The fourth-order valence-corrected chi connectivity index (χ4v) is 3.30. The quantitative estimate of drug-likeness (QED) is 0.438. The Kier molecular flexibility index (Phi) is 5.47. The molecule has 100 valence electrons. The molecule has 0 unspecified atom stereocenters. The summed E-state index contributed by atoms with van der Waals surface area (Å²) in [5.41, 5.74) is 0.587. The lowest BCUT2D eigenvalue weighted by molar-refractivity contribution is 0.391. The van der Waals surface area contributed by atoms with Gasteiger partial charge in [-0.05, 0) is 42.9 Å². The molecule has 1 aromatic rings. The summed E-state index contributed by atoms with van der Waals surface area (Å²) in [5, 5.41) is 0.649. The number of thioether (sulfide) groups is 1. The molecule has 0 radical (unpaired) electrons. The first-order valence-corrected chi connectivity index (χ1v) is 7.70. The highest BCUT2D eigenvalue weighted by Gasteiger charge is 2.14. The number of rotatable bonds is 3. The van der Waals surface area contributed by atoms with Crippen LogP contribution in [0.3, 0.4) is 0 Å². The van der Waals surface area contributed by atoms with Gasteiger partial charge in [0.05, 0.1) is 5.69 Å². The Bertz CT molecular complexity index is 484. The minimum absolute atomic E-state index is 0.282. The van der Waals surface area contributed by atoms with Gasteiger partial charge in [-0.15, -0.1) is 6.42 Å². The van der Waals surface area contributed by atoms with Crippen LogP contribution in [0.2, 0.25) is 0 Å². The highest BCUT2D eigenvalue weighted by Crippen LogP contribution is 2.27. The number of hydrogen-bond donors (Lipinski definition) is 0. The predicted molar refractivity (Wildman–Crippen MR) is 81.4 cm³/mol. The van der Waals surface area contributed by atoms with Crippen LogP contribution in [0.1, 0.15) is 32.1 Å². The Hall–Kier alpha value is -1.27. The van der Waals surface area contributed by atoms with Crippen LogP contribution < -0.4 is 0 Å². The van der Waals surface area contributed by atoms with Crippen molar-refractivity contribution >= 4 is 22.5 Å². The zero-order chi connectivity index (χ0) is 13.5. The van der Waals surface area contributed by atoms with Crippen LogP contribution in [0.15, 0.2) is 29.3 Å². The average Bonchev–Trinajstić information content (AvgIpc) is 2.44. The predicted octanol–water partition coefficient (Wildman–Crippen LogP) is 4.80. The summed E-state index contributed by atoms with van der Waals surface area (Å²) in [6.07, 6.45) is 12.1. The van der Waals surface area contributed by atoms with E-state index in [0.29, 0.717) is 10.7 Å². The maximum Gasteiger partial charge on any atom is 0.146 e. The highest BCUT2D eigenvalue weighted by atomic mass is 32.2. The van der Waals surface area contributed by atoms with Crippen LogP contribution in [0.4, 0.5) is 10.1 Å². The molecular weight excluding hydrogens is 257 g/mol. The van der Waals surface area contributed by atoms with Gasteiger partial charge in [-0.1, -0.05) is 37.1 Å². The first-order chi connectivity index (χ1) is 9.28. The van der Waals surface area contributed by atoms with Crippen LogP contribution in [0.5, 0.6) is 0 Å². The zero-order valence-corrected chi connectivity index (χ0v) is 11.8. The summed E-state index contributed by atoms with van der Waals surface area (Å²) in [7, 11) is 0. The van der Waals surface area contributed by atoms with E-state index in [1.165, 1.54) is 44.2 Å². The average molecular weight is 275 g/mol. The Morgan fingerprint density at radius 3 is 2.84 bits per heavy atom. The molecule has 1 aromatic carbocycles. The molecule has 0 bridgehead atoms. The Morgan fingerprint density at radius 1 is 1.37 bits per heavy atom. The van der Waals surface area contributed by atoms with E-state index in [1.54, 1.807) is 23.9 Å². The van der Waals surface area contributed by atoms with Crippen molar-refractivity contribution in [3.8, 4) is 12.3 Å². The molecule has 0 aliphatic heterocycles. The molecule has 1 aliphatic rings. The minimum atomic E-state index is -0.282. The SMILES string of the molecule is C#CC(=Nc1cccc(F)c1)SCC1CCCCC1. The number of hydrogen-bond acceptors (Lipinski definition) is 2. The monoisotopic (exact) mass is 275 g/mol. The molecule has 1 aliphatic carbocycles. The lowest BCUT2D eigenvalue weighted by atomic mass is 9.91. The largest absolute Gasteiger partial charge is 0.233 e. The van der Waals surface area contributed by atoms with Crippen molar-refractivity contribution in [3.63, 3.8) is 0 Å². The lowest BCUT2D eigenvalue weighted by Gasteiger charge is -2.20. The van der Waals surface area contributed by atoms with Gasteiger partial charge in [0.15, 0.2) is 0 Å². The molecule has 1 saturated carbocycles. The van der Waals surface area contributed by atoms with E-state index in [9.17, 15) is 4.39 Å². The van der Waals surface area contributed by atoms with Gasteiger partial charge >= 0.3 is 0 Å². The summed E-state index contributed by atoms with van der Waals surface area (Å²) < 4.78 is 13.1. The van der Waals surface area contributed by atoms with E-state index in [4.69, 9.17) is 6.42 Å². The van der Waals surface area contributed by atoms with E-state index in [1.807, 2.05) is 0 Å². The van der Waals surface area contributed by atoms with Crippen LogP contribution in [0.25, 0.3) is 0 Å². The normalized spacial score (nSPS) is 17.2. The number of aliphatic imine (C=N–C) groups is 1. The van der Waals surface area contributed by atoms with Crippen molar-refractivity contribution < 1.29 is 4.39 Å². The molecule has 0 N–H and O–H groups in total. The zero-order valence-electron chi connectivity index (χ0n) is 10.9. The van der Waals surface area contributed by atoms with E-state index >= 15 is 0 Å². The highest BCUT2D eigenvalue weighted by molar-refractivity contribution is 8.14. The van der Waals surface area contributed by atoms with Gasteiger partial charge in [-0.25, -0.2) is 9.38 Å². The smallest absolute Gasteiger partial charge is 0.146 e. The second-order valence-corrected chi connectivity index (χ2v) is 5.86. The molecule has 0 spiro atoms. The van der Waals surface area contributed by atoms with Gasteiger partial charge in [0.1, 0.15) is 10.9 Å². The molecular formula is C16H18FNS. The lowest BCUT2D eigenvalue weighted by Crippen LogP contribution is -2.09. The molecule has 0 atom stereocenters. The molecule has 19 heavy (non-hydrogen) atoms. The number of nitrogens with zero attached hydrogens (tertiary/aromatic N) is 1. The first kappa shape index (κ1) is 14.1. The maximum atomic E-state index is 13.1. The first-order valence-electron chi connectivity index (χ1n) is 6.71. The molecule has 0 aromatic heterocycles. The standard InChI is InChI=1S/C16H18FNS/c1-2-16(18-15-10-6-9-14(17)11-15)19-12-13-7-4-3-5-8-13/h1,6,9-11,13H,3-5,7-8,12H2. The number of halogens is 1. The third-order valence-corrected chi connectivity index (χ3v) is 4.46. The van der Waals surface area contributed by atoms with Gasteiger partial charge in [0.25, 0.3) is 0 Å². The topological polar surface area (TPSA) is 12.4 Å². The summed E-state index contributed by atoms with van der Waals surface area (Å²) in [4.78, 5) is 4.33. The van der Waals surface area contributed by atoms with Crippen molar-refractivity contribution in [1.82, 2.24) is 0 Å². The second-order valence-electron chi connectivity index (χ2n) is 4.86. The fourth-order valence-electron chi connectivity index (χ4n) is 2.32. The van der Waals surface area contributed by atoms with E-state index in [2.05, 4.69) is 10.9 Å². The van der Waals surface area contributed by atoms with Crippen molar-refractivity contribution in [2.45, 2.75) is 32.1 Å². The van der Waals surface area contributed by atoms with Gasteiger partial charge < -0.3 is 0 Å². The van der Waals surface area contributed by atoms with Crippen molar-refractivity contribution in [3.05, 3.63) is 30.1 Å². The molecule has 1 nitrogen and oxygen atoms in total. The second kappa shape index (κ2) is 7.35. The number of benzene rings is 1. The maximum absolute atomic E-state index is 13.1. The molecule has 0 saturated heterocycles. The summed E-state index contributed by atoms with van der Waals surface area (Å²) in [6, 6.07) is 6.22. The number of terminal acetylenes is 1. The Balaban J connectivity index is 1.94. The molecule has 1 fully saturated rings. The summed E-state index contributed by atoms with van der Waals surface area (Å²) in [5.74, 6) is 4.10. The van der Waals surface area contributed by atoms with Gasteiger partial charge in [0, 0.05) is 5.75 Å². The van der Waals surface area contributed by atoms with Crippen LogP contribution in [-0.4, -0.2) is 10.8 Å². The van der Waals surface area contributed by atoms with Gasteiger partial charge in [-0.2, -0.15) is 0 Å². The van der Waals surface area contributed by atoms with Crippen molar-refractivity contribution in [1.29, 1.82) is 0 Å². The minimum Gasteiger partial charge on any atom is -0.233 e. The molecule has 3 heteroatoms. The molecule has 0 heterocycles. The van der Waals surface area contributed by atoms with Crippen LogP contribution in [-0.2, 0) is 0 Å². The van der Waals surface area contributed by atoms with Crippen LogP contribution >= 0.6 is 11.8 Å². The van der Waals surface area contributed by atoms with Crippen molar-refractivity contribution in [2.24, 2.45) is 10.9 Å². The van der Waals surface area contributed by atoms with Gasteiger partial charge in [0.2, 0.25) is 0 Å². The third kappa shape index (κ3) is 4.72. The Labute approximate surface area is 118 Å². The molecule has 2 rings (SSSR count). The summed E-state index contributed by atoms with van der Waals surface area (Å²) in [6.45, 7) is 0. The molecule has 0 amide bonds. The van der Waals surface area contributed by atoms with E-state index < -0.39 is 0 Å². The Morgan fingerprint density at radius 2 is 2.16 bits per heavy atom. The van der Waals surface area contributed by atoms with Crippen molar-refractivity contribution in [2.75, 3.05) is 5.75 Å². The third-order valence-electron chi connectivity index (χ3n) is 3.34. The fraction of sp³-hybridized carbons (Fsp3) is 0.438. The van der Waals surface area contributed by atoms with Crippen LogP contribution in [0, 0.1) is 24.1 Å². The van der Waals surface area contributed by atoms with E-state index in [-0.39, 0.29) is 5.82 Å². The van der Waals surface area contributed by atoms with Gasteiger partial charge in [-0.3, -0.25) is 0 Å². The summed E-state index contributed by atoms with van der Waals surface area (Å²) >= 11 is 1.62. The van der Waals surface area contributed by atoms with E-state index in [0.717, 1.165) is 11.7 Å².